The number of para-hydroxylation sites is 1. The van der Waals surface area contributed by atoms with Gasteiger partial charge in [0.1, 0.15) is 4.60 Å². The van der Waals surface area contributed by atoms with Crippen molar-refractivity contribution in [1.82, 2.24) is 9.89 Å². The summed E-state index contributed by atoms with van der Waals surface area (Å²) in [6.45, 7) is 0. The van der Waals surface area contributed by atoms with Gasteiger partial charge in [0, 0.05) is 5.39 Å². The van der Waals surface area contributed by atoms with Gasteiger partial charge in [0.15, 0.2) is 0 Å². The van der Waals surface area contributed by atoms with E-state index in [0.29, 0.717) is 0 Å². The van der Waals surface area contributed by atoms with Crippen molar-refractivity contribution in [2.75, 3.05) is 0 Å². The number of nitrogens with zero attached hydrogens (tertiary/aromatic N) is 3. The highest BCUT2D eigenvalue weighted by atomic mass is 79.9. The Labute approximate surface area is 113 Å². The Morgan fingerprint density at radius 3 is 2.56 bits per heavy atom. The summed E-state index contributed by atoms with van der Waals surface area (Å²) in [4.78, 5) is 1.63. The average Bonchev–Trinajstić information content (AvgIpc) is 2.75. The molecule has 1 aromatic heterocycles. The minimum absolute atomic E-state index is 0.809. The zero-order chi connectivity index (χ0) is 12.4. The van der Waals surface area contributed by atoms with Gasteiger partial charge >= 0.3 is 0 Å². The zero-order valence-corrected chi connectivity index (χ0v) is 11.1. The van der Waals surface area contributed by atoms with Crippen molar-refractivity contribution in [3.05, 3.63) is 64.8 Å². The molecule has 0 aliphatic heterocycles. The molecule has 3 rings (SSSR count). The first-order valence-electron chi connectivity index (χ1n) is 5.57. The maximum atomic E-state index is 4.38. The lowest BCUT2D eigenvalue weighted by Crippen LogP contribution is -1.92. The number of hydrogen-bond donors (Lipinski definition) is 0. The van der Waals surface area contributed by atoms with Crippen LogP contribution in [0.3, 0.4) is 0 Å². The van der Waals surface area contributed by atoms with Crippen LogP contribution in [0.4, 0.5) is 0 Å². The molecule has 0 saturated carbocycles. The van der Waals surface area contributed by atoms with Gasteiger partial charge in [0.2, 0.25) is 0 Å². The molecule has 3 aromatic rings. The first-order chi connectivity index (χ1) is 8.84. The van der Waals surface area contributed by atoms with E-state index >= 15 is 0 Å². The summed E-state index contributed by atoms with van der Waals surface area (Å²) in [6.07, 6.45) is 1.80. The van der Waals surface area contributed by atoms with Crippen molar-refractivity contribution >= 4 is 33.0 Å². The Kier molecular flexibility index (Phi) is 2.94. The number of benzene rings is 2. The van der Waals surface area contributed by atoms with Gasteiger partial charge in [-0.15, -0.1) is 9.89 Å². The fraction of sp³-hybridized carbons (Fsp3) is 0. The van der Waals surface area contributed by atoms with Crippen LogP contribution >= 0.6 is 15.9 Å². The number of hydrogen-bond acceptors (Lipinski definition) is 2. The molecule has 0 N–H and O–H groups in total. The summed E-state index contributed by atoms with van der Waals surface area (Å²) < 4.78 is 0.809. The van der Waals surface area contributed by atoms with Crippen LogP contribution in [0.15, 0.2) is 64.3 Å². The Bertz CT molecular complexity index is 701. The smallest absolute Gasteiger partial charge is 0.138 e. The lowest BCUT2D eigenvalue weighted by atomic mass is 10.2. The predicted octanol–water partition coefficient (Wildman–Crippen LogP) is 3.68. The number of aromatic nitrogens is 2. The third-order valence-corrected chi connectivity index (χ3v) is 3.23. The van der Waals surface area contributed by atoms with Gasteiger partial charge in [-0.1, -0.05) is 42.5 Å². The third kappa shape index (κ3) is 2.07. The van der Waals surface area contributed by atoms with E-state index in [2.05, 4.69) is 26.1 Å². The van der Waals surface area contributed by atoms with Gasteiger partial charge < -0.3 is 0 Å². The van der Waals surface area contributed by atoms with Crippen LogP contribution in [-0.4, -0.2) is 16.1 Å². The van der Waals surface area contributed by atoms with Gasteiger partial charge in [-0.2, -0.15) is 5.10 Å². The molecule has 2 aromatic carbocycles. The van der Waals surface area contributed by atoms with Crippen LogP contribution in [0, 0.1) is 0 Å². The Morgan fingerprint density at radius 2 is 1.72 bits per heavy atom. The number of halogens is 1. The fourth-order valence-corrected chi connectivity index (χ4v) is 2.25. The molecule has 0 spiro atoms. The van der Waals surface area contributed by atoms with Crippen molar-refractivity contribution in [2.24, 2.45) is 5.10 Å². The monoisotopic (exact) mass is 299 g/mol. The van der Waals surface area contributed by atoms with E-state index in [9.17, 15) is 0 Å². The second-order valence-electron chi connectivity index (χ2n) is 3.85. The van der Waals surface area contributed by atoms with Crippen LogP contribution in [0.25, 0.3) is 10.9 Å². The fourth-order valence-electron chi connectivity index (χ4n) is 1.76. The molecule has 0 aliphatic carbocycles. The molecule has 0 unspecified atom stereocenters. The van der Waals surface area contributed by atoms with Crippen LogP contribution in [-0.2, 0) is 0 Å². The molecule has 0 amide bonds. The first kappa shape index (κ1) is 11.2. The highest BCUT2D eigenvalue weighted by Gasteiger charge is 2.05. The molecule has 0 fully saturated rings. The summed E-state index contributed by atoms with van der Waals surface area (Å²) >= 11 is 3.44. The molecule has 4 heteroatoms. The molecule has 0 atom stereocenters. The van der Waals surface area contributed by atoms with Gasteiger partial charge in [-0.3, -0.25) is 0 Å². The van der Waals surface area contributed by atoms with E-state index in [1.54, 1.807) is 11.0 Å². The minimum atomic E-state index is 0.809. The summed E-state index contributed by atoms with van der Waals surface area (Å²) in [5.41, 5.74) is 2.03. The maximum Gasteiger partial charge on any atom is 0.138 e. The summed E-state index contributed by atoms with van der Waals surface area (Å²) in [6, 6.07) is 17.9. The highest BCUT2D eigenvalue weighted by molar-refractivity contribution is 9.10. The predicted molar refractivity (Wildman–Crippen MR) is 76.9 cm³/mol. The van der Waals surface area contributed by atoms with Crippen LogP contribution in [0.1, 0.15) is 5.56 Å². The molecular weight excluding hydrogens is 290 g/mol. The topological polar surface area (TPSA) is 30.2 Å². The molecule has 88 valence electrons. The molecule has 1 heterocycles. The van der Waals surface area contributed by atoms with Gasteiger partial charge in [0.25, 0.3) is 0 Å². The Balaban J connectivity index is 2.03. The van der Waals surface area contributed by atoms with E-state index in [0.717, 1.165) is 21.1 Å². The first-order valence-corrected chi connectivity index (χ1v) is 6.36. The molecular formula is C14H10BrN3. The quantitative estimate of drug-likeness (QED) is 0.664. The Morgan fingerprint density at radius 1 is 1.00 bits per heavy atom. The van der Waals surface area contributed by atoms with Gasteiger partial charge in [-0.25, -0.2) is 0 Å². The summed E-state index contributed by atoms with van der Waals surface area (Å²) in [5, 5.41) is 9.77. The lowest BCUT2D eigenvalue weighted by Gasteiger charge is -1.94. The minimum Gasteiger partial charge on any atom is -0.158 e. The van der Waals surface area contributed by atoms with E-state index in [-0.39, 0.29) is 0 Å². The maximum absolute atomic E-state index is 4.38. The van der Waals surface area contributed by atoms with E-state index in [4.69, 9.17) is 0 Å². The molecule has 0 bridgehead atoms. The standard InChI is InChI=1S/C14H10BrN3/c15-14-12-8-4-5-9-13(12)18(17-14)16-10-11-6-2-1-3-7-11/h1-10H. The lowest BCUT2D eigenvalue weighted by molar-refractivity contribution is 0.766. The molecule has 0 aliphatic rings. The van der Waals surface area contributed by atoms with Crippen LogP contribution in [0.2, 0.25) is 0 Å². The van der Waals surface area contributed by atoms with Gasteiger partial charge in [0.05, 0.1) is 11.7 Å². The van der Waals surface area contributed by atoms with Crippen LogP contribution in [0.5, 0.6) is 0 Å². The summed E-state index contributed by atoms with van der Waals surface area (Å²) in [5.74, 6) is 0. The number of fused-ring (bicyclic) bond motifs is 1. The van der Waals surface area contributed by atoms with Crippen molar-refractivity contribution < 1.29 is 0 Å². The molecule has 0 saturated heterocycles. The van der Waals surface area contributed by atoms with Crippen molar-refractivity contribution in [3.63, 3.8) is 0 Å². The van der Waals surface area contributed by atoms with E-state index in [1.807, 2.05) is 54.6 Å². The normalized spacial score (nSPS) is 11.4. The average molecular weight is 300 g/mol. The van der Waals surface area contributed by atoms with Crippen molar-refractivity contribution in [2.45, 2.75) is 0 Å². The largest absolute Gasteiger partial charge is 0.158 e. The zero-order valence-electron chi connectivity index (χ0n) is 9.49. The van der Waals surface area contributed by atoms with E-state index in [1.165, 1.54) is 0 Å². The van der Waals surface area contributed by atoms with Crippen molar-refractivity contribution in [3.8, 4) is 0 Å². The Hall–Kier alpha value is -1.94. The van der Waals surface area contributed by atoms with Crippen LogP contribution < -0.4 is 0 Å². The second-order valence-corrected chi connectivity index (χ2v) is 4.60. The van der Waals surface area contributed by atoms with Gasteiger partial charge in [-0.05, 0) is 33.6 Å². The third-order valence-electron chi connectivity index (χ3n) is 2.64. The SMILES string of the molecule is Brc1nn(N=Cc2ccccc2)c2ccccc12. The molecule has 0 radical (unpaired) electrons. The molecule has 3 nitrogen and oxygen atoms in total. The highest BCUT2D eigenvalue weighted by Crippen LogP contribution is 2.22. The summed E-state index contributed by atoms with van der Waals surface area (Å²) in [7, 11) is 0. The second kappa shape index (κ2) is 4.74. The van der Waals surface area contributed by atoms with E-state index < -0.39 is 0 Å². The number of rotatable bonds is 2. The molecule has 18 heavy (non-hydrogen) atoms. The van der Waals surface area contributed by atoms with Crippen molar-refractivity contribution in [1.29, 1.82) is 0 Å².